The third-order valence-corrected chi connectivity index (χ3v) is 8.17. The van der Waals surface area contributed by atoms with Crippen molar-refractivity contribution in [2.75, 3.05) is 0 Å². The maximum Gasteiger partial charge on any atom is 0.0998 e. The van der Waals surface area contributed by atoms with Crippen LogP contribution in [0.5, 0.6) is 0 Å². The molecule has 0 bridgehead atoms. The van der Waals surface area contributed by atoms with Crippen LogP contribution in [0.1, 0.15) is 22.3 Å². The summed E-state index contributed by atoms with van der Waals surface area (Å²) in [6, 6.07) is 49.8. The highest BCUT2D eigenvalue weighted by Crippen LogP contribution is 2.42. The lowest BCUT2D eigenvalue weighted by Gasteiger charge is -2.14. The second kappa shape index (κ2) is 11.1. The van der Waals surface area contributed by atoms with Crippen LogP contribution in [-0.4, -0.2) is 4.57 Å². The van der Waals surface area contributed by atoms with Crippen molar-refractivity contribution in [1.82, 2.24) is 4.57 Å². The summed E-state index contributed by atoms with van der Waals surface area (Å²) in [4.78, 5) is 0. The first-order valence-electron chi connectivity index (χ1n) is 14.3. The van der Waals surface area contributed by atoms with Crippen molar-refractivity contribution in [3.8, 4) is 63.3 Å². The van der Waals surface area contributed by atoms with Crippen molar-refractivity contribution in [2.24, 2.45) is 0 Å². The highest BCUT2D eigenvalue weighted by molar-refractivity contribution is 6.15. The van der Waals surface area contributed by atoms with E-state index in [1.54, 1.807) is 36.4 Å². The van der Waals surface area contributed by atoms with Crippen LogP contribution in [0.4, 0.5) is 0 Å². The third kappa shape index (κ3) is 4.38. The Bertz CT molecular complexity index is 2410. The Morgan fingerprint density at radius 2 is 1.00 bits per heavy atom. The number of aromatic nitrogens is 1. The van der Waals surface area contributed by atoms with Gasteiger partial charge in [-0.2, -0.15) is 21.0 Å². The molecule has 0 saturated carbocycles. The molecule has 7 rings (SSSR count). The molecule has 0 spiro atoms. The Labute approximate surface area is 259 Å². The van der Waals surface area contributed by atoms with Gasteiger partial charge in [0, 0.05) is 33.2 Å². The number of fused-ring (bicyclic) bond motifs is 3. The van der Waals surface area contributed by atoms with Gasteiger partial charge >= 0.3 is 0 Å². The van der Waals surface area contributed by atoms with Crippen LogP contribution in [0.2, 0.25) is 0 Å². The quantitative estimate of drug-likeness (QED) is 0.210. The van der Waals surface area contributed by atoms with Gasteiger partial charge in [-0.05, 0) is 65.2 Å². The van der Waals surface area contributed by atoms with Crippen molar-refractivity contribution in [1.29, 1.82) is 21.0 Å². The standard InChI is InChI=1S/C40H21N5/c41-22-29-11-4-12-30(23-42)38(29)28-18-19-37-36(21-28)34-16-7-17-35(39-31(24-43)13-5-14-32(39)25-44)40(34)45(37)33-15-6-10-27(20-33)26-8-2-1-3-9-26/h1-21H. The summed E-state index contributed by atoms with van der Waals surface area (Å²) in [5, 5.41) is 41.8. The minimum Gasteiger partial charge on any atom is -0.309 e. The lowest BCUT2D eigenvalue weighted by atomic mass is 9.92. The summed E-state index contributed by atoms with van der Waals surface area (Å²) >= 11 is 0. The highest BCUT2D eigenvalue weighted by atomic mass is 15.0. The Morgan fingerprint density at radius 1 is 0.422 bits per heavy atom. The van der Waals surface area contributed by atoms with E-state index in [0.29, 0.717) is 33.4 Å². The fourth-order valence-electron chi connectivity index (χ4n) is 6.23. The topological polar surface area (TPSA) is 100 Å². The van der Waals surface area contributed by atoms with Gasteiger partial charge in [-0.1, -0.05) is 78.9 Å². The van der Waals surface area contributed by atoms with Crippen LogP contribution < -0.4 is 0 Å². The molecule has 0 fully saturated rings. The first-order chi connectivity index (χ1) is 22.2. The van der Waals surface area contributed by atoms with Gasteiger partial charge in [0.1, 0.15) is 0 Å². The summed E-state index contributed by atoms with van der Waals surface area (Å²) in [6.45, 7) is 0. The van der Waals surface area contributed by atoms with Gasteiger partial charge in [0.15, 0.2) is 0 Å². The molecule has 45 heavy (non-hydrogen) atoms. The van der Waals surface area contributed by atoms with E-state index in [9.17, 15) is 21.0 Å². The molecule has 1 aromatic heterocycles. The van der Waals surface area contributed by atoms with E-state index >= 15 is 0 Å². The maximum atomic E-state index is 10.1. The molecule has 5 heteroatoms. The van der Waals surface area contributed by atoms with E-state index < -0.39 is 0 Å². The number of hydrogen-bond acceptors (Lipinski definition) is 4. The van der Waals surface area contributed by atoms with Gasteiger partial charge in [0.2, 0.25) is 0 Å². The molecule has 0 aliphatic rings. The Morgan fingerprint density at radius 3 is 1.64 bits per heavy atom. The molecule has 0 aliphatic carbocycles. The van der Waals surface area contributed by atoms with Crippen LogP contribution in [0.3, 0.4) is 0 Å². The van der Waals surface area contributed by atoms with Gasteiger partial charge < -0.3 is 4.57 Å². The summed E-state index contributed by atoms with van der Waals surface area (Å²) in [5.74, 6) is 0. The van der Waals surface area contributed by atoms with Crippen LogP contribution in [0, 0.1) is 45.3 Å². The molecule has 0 aliphatic heterocycles. The zero-order valence-electron chi connectivity index (χ0n) is 23.9. The molecule has 0 radical (unpaired) electrons. The molecule has 0 unspecified atom stereocenters. The van der Waals surface area contributed by atoms with E-state index in [1.165, 1.54) is 0 Å². The van der Waals surface area contributed by atoms with Gasteiger partial charge in [-0.15, -0.1) is 0 Å². The molecule has 206 valence electrons. The number of nitriles is 4. The summed E-state index contributed by atoms with van der Waals surface area (Å²) in [7, 11) is 0. The number of nitrogens with zero attached hydrogens (tertiary/aromatic N) is 5. The Hall–Kier alpha value is -6.92. The van der Waals surface area contributed by atoms with Crippen molar-refractivity contribution in [3.63, 3.8) is 0 Å². The monoisotopic (exact) mass is 571 g/mol. The molecule has 6 aromatic carbocycles. The van der Waals surface area contributed by atoms with E-state index in [4.69, 9.17) is 0 Å². The van der Waals surface area contributed by atoms with E-state index in [2.05, 4.69) is 59.2 Å². The van der Waals surface area contributed by atoms with E-state index in [0.717, 1.165) is 49.7 Å². The molecule has 1 heterocycles. The molecular formula is C40H21N5. The second-order valence-corrected chi connectivity index (χ2v) is 10.6. The van der Waals surface area contributed by atoms with Gasteiger partial charge in [-0.25, -0.2) is 0 Å². The molecule has 0 saturated heterocycles. The molecular weight excluding hydrogens is 550 g/mol. The van der Waals surface area contributed by atoms with Crippen molar-refractivity contribution >= 4 is 21.8 Å². The third-order valence-electron chi connectivity index (χ3n) is 8.17. The van der Waals surface area contributed by atoms with Crippen LogP contribution in [0.25, 0.3) is 60.9 Å². The minimum atomic E-state index is 0.415. The average Bonchev–Trinajstić information content (AvgIpc) is 3.45. The molecule has 0 amide bonds. The smallest absolute Gasteiger partial charge is 0.0998 e. The largest absolute Gasteiger partial charge is 0.309 e. The van der Waals surface area contributed by atoms with Gasteiger partial charge in [-0.3, -0.25) is 0 Å². The molecule has 0 atom stereocenters. The Balaban J connectivity index is 1.62. The molecule has 5 nitrogen and oxygen atoms in total. The normalized spacial score (nSPS) is 10.6. The molecule has 0 N–H and O–H groups in total. The maximum absolute atomic E-state index is 10.1. The first kappa shape index (κ1) is 26.9. The van der Waals surface area contributed by atoms with Crippen molar-refractivity contribution in [2.45, 2.75) is 0 Å². The van der Waals surface area contributed by atoms with Crippen LogP contribution in [-0.2, 0) is 0 Å². The van der Waals surface area contributed by atoms with Crippen LogP contribution >= 0.6 is 0 Å². The number of rotatable bonds is 4. The van der Waals surface area contributed by atoms with Gasteiger partial charge in [0.05, 0.1) is 57.6 Å². The van der Waals surface area contributed by atoms with Gasteiger partial charge in [0.25, 0.3) is 0 Å². The Kier molecular flexibility index (Phi) is 6.62. The summed E-state index contributed by atoms with van der Waals surface area (Å²) in [6.07, 6.45) is 0. The predicted octanol–water partition coefficient (Wildman–Crippen LogP) is 9.27. The zero-order chi connectivity index (χ0) is 30.9. The average molecular weight is 572 g/mol. The zero-order valence-corrected chi connectivity index (χ0v) is 23.9. The van der Waals surface area contributed by atoms with Crippen molar-refractivity contribution in [3.05, 3.63) is 150 Å². The predicted molar refractivity (Wildman–Crippen MR) is 176 cm³/mol. The number of hydrogen-bond donors (Lipinski definition) is 0. The fourth-order valence-corrected chi connectivity index (χ4v) is 6.23. The van der Waals surface area contributed by atoms with E-state index in [1.807, 2.05) is 60.7 Å². The summed E-state index contributed by atoms with van der Waals surface area (Å²) < 4.78 is 2.17. The second-order valence-electron chi connectivity index (χ2n) is 10.6. The molecule has 7 aromatic rings. The van der Waals surface area contributed by atoms with E-state index in [-0.39, 0.29) is 0 Å². The number of benzene rings is 6. The lowest BCUT2D eigenvalue weighted by molar-refractivity contribution is 1.18. The van der Waals surface area contributed by atoms with Crippen LogP contribution in [0.15, 0.2) is 127 Å². The minimum absolute atomic E-state index is 0.415. The fraction of sp³-hybridized carbons (Fsp3) is 0. The summed E-state index contributed by atoms with van der Waals surface area (Å²) in [5.41, 5.74) is 9.19. The first-order valence-corrected chi connectivity index (χ1v) is 14.3. The van der Waals surface area contributed by atoms with Crippen molar-refractivity contribution < 1.29 is 0 Å². The highest BCUT2D eigenvalue weighted by Gasteiger charge is 2.21. The lowest BCUT2D eigenvalue weighted by Crippen LogP contribution is -1.98. The SMILES string of the molecule is N#Cc1cccc(C#N)c1-c1ccc2c(c1)c1cccc(-c3c(C#N)cccc3C#N)c1n2-c1cccc(-c2ccccc2)c1. The number of para-hydroxylation sites is 1.